The van der Waals surface area contributed by atoms with Crippen LogP contribution in [0.4, 0.5) is 0 Å². The quantitative estimate of drug-likeness (QED) is 0.739. The van der Waals surface area contributed by atoms with Crippen molar-refractivity contribution in [1.29, 1.82) is 0 Å². The smallest absolute Gasteiger partial charge is 0.0482 e. The van der Waals surface area contributed by atoms with Gasteiger partial charge in [-0.25, -0.2) is 0 Å². The largest absolute Gasteiger partial charge is 0.324 e. The maximum absolute atomic E-state index is 2.34. The lowest BCUT2D eigenvalue weighted by Gasteiger charge is -2.12. The minimum atomic E-state index is 1.12. The number of pyridine rings is 1. The van der Waals surface area contributed by atoms with Crippen LogP contribution in [0.15, 0.2) is 36.7 Å². The number of aromatic nitrogens is 1. The highest BCUT2D eigenvalue weighted by molar-refractivity contribution is 5.55. The third-order valence-electron chi connectivity index (χ3n) is 2.96. The van der Waals surface area contributed by atoms with E-state index in [9.17, 15) is 0 Å². The van der Waals surface area contributed by atoms with Crippen LogP contribution in [0.25, 0.3) is 5.52 Å². The second-order valence-corrected chi connectivity index (χ2v) is 3.98. The first kappa shape index (κ1) is 10.2. The van der Waals surface area contributed by atoms with Gasteiger partial charge < -0.3 is 9.30 Å². The summed E-state index contributed by atoms with van der Waals surface area (Å²) in [5.41, 5.74) is 2.78. The van der Waals surface area contributed by atoms with Crippen LogP contribution in [0.3, 0.4) is 0 Å². The summed E-state index contributed by atoms with van der Waals surface area (Å²) in [4.78, 5) is 2.34. The Morgan fingerprint density at radius 3 is 2.87 bits per heavy atom. The fraction of sp³-hybridized carbons (Fsp3) is 0.385. The first-order valence-electron chi connectivity index (χ1n) is 5.54. The van der Waals surface area contributed by atoms with E-state index in [2.05, 4.69) is 59.9 Å². The van der Waals surface area contributed by atoms with E-state index in [1.165, 1.54) is 11.1 Å². The number of rotatable bonds is 4. The van der Waals surface area contributed by atoms with E-state index in [0.29, 0.717) is 0 Å². The monoisotopic (exact) mass is 202 g/mol. The topological polar surface area (TPSA) is 7.65 Å². The Morgan fingerprint density at radius 1 is 1.20 bits per heavy atom. The summed E-state index contributed by atoms with van der Waals surface area (Å²) < 4.78 is 2.18. The minimum absolute atomic E-state index is 1.12. The lowest BCUT2D eigenvalue weighted by Crippen LogP contribution is -2.20. The van der Waals surface area contributed by atoms with E-state index in [4.69, 9.17) is 0 Å². The zero-order valence-electron chi connectivity index (χ0n) is 9.48. The first-order chi connectivity index (χ1) is 7.31. The zero-order chi connectivity index (χ0) is 10.7. The highest BCUT2D eigenvalue weighted by atomic mass is 15.1. The third kappa shape index (κ3) is 2.21. The summed E-state index contributed by atoms with van der Waals surface area (Å²) in [5, 5.41) is 0. The molecule has 0 unspecified atom stereocenters. The Morgan fingerprint density at radius 2 is 2.07 bits per heavy atom. The van der Waals surface area contributed by atoms with Crippen molar-refractivity contribution in [1.82, 2.24) is 9.30 Å². The Bertz CT molecular complexity index is 431. The molecular weight excluding hydrogens is 184 g/mol. The van der Waals surface area contributed by atoms with Crippen LogP contribution in [0.2, 0.25) is 0 Å². The highest BCUT2D eigenvalue weighted by Gasteiger charge is 2.02. The van der Waals surface area contributed by atoms with Gasteiger partial charge in [0.1, 0.15) is 0 Å². The van der Waals surface area contributed by atoms with Crippen LogP contribution >= 0.6 is 0 Å². The molecule has 15 heavy (non-hydrogen) atoms. The molecule has 2 rings (SSSR count). The summed E-state index contributed by atoms with van der Waals surface area (Å²) >= 11 is 0. The van der Waals surface area contributed by atoms with E-state index < -0.39 is 0 Å². The lowest BCUT2D eigenvalue weighted by atomic mass is 10.2. The molecule has 0 saturated heterocycles. The summed E-state index contributed by atoms with van der Waals surface area (Å²) in [7, 11) is 2.16. The van der Waals surface area contributed by atoms with Gasteiger partial charge >= 0.3 is 0 Å². The van der Waals surface area contributed by atoms with Gasteiger partial charge in [-0.1, -0.05) is 13.0 Å². The molecule has 0 atom stereocenters. The van der Waals surface area contributed by atoms with Gasteiger partial charge in [0.2, 0.25) is 0 Å². The maximum Gasteiger partial charge on any atom is 0.0482 e. The molecule has 2 aromatic heterocycles. The molecule has 2 heterocycles. The molecule has 2 nitrogen and oxygen atoms in total. The van der Waals surface area contributed by atoms with Crippen molar-refractivity contribution in [3.8, 4) is 0 Å². The molecule has 0 spiro atoms. The van der Waals surface area contributed by atoms with Gasteiger partial charge in [0.25, 0.3) is 0 Å². The van der Waals surface area contributed by atoms with Crippen molar-refractivity contribution in [2.75, 3.05) is 20.1 Å². The van der Waals surface area contributed by atoms with Crippen LogP contribution in [-0.4, -0.2) is 29.4 Å². The second kappa shape index (κ2) is 4.49. The Kier molecular flexibility index (Phi) is 3.07. The number of likely N-dealkylation sites (N-methyl/N-ethyl adjacent to an activating group) is 1. The van der Waals surface area contributed by atoms with Gasteiger partial charge in [0.15, 0.2) is 0 Å². The predicted octanol–water partition coefficient (Wildman–Crippen LogP) is 2.43. The van der Waals surface area contributed by atoms with Crippen LogP contribution < -0.4 is 0 Å². The Balaban J connectivity index is 2.14. The van der Waals surface area contributed by atoms with Gasteiger partial charge in [-0.05, 0) is 43.8 Å². The van der Waals surface area contributed by atoms with Crippen molar-refractivity contribution in [2.45, 2.75) is 13.3 Å². The summed E-state index contributed by atoms with van der Waals surface area (Å²) in [6.07, 6.45) is 5.36. The zero-order valence-corrected chi connectivity index (χ0v) is 9.48. The molecule has 0 aliphatic carbocycles. The molecule has 0 saturated carbocycles. The van der Waals surface area contributed by atoms with Gasteiger partial charge in [0.05, 0.1) is 0 Å². The summed E-state index contributed by atoms with van der Waals surface area (Å²) in [6, 6.07) is 8.57. The van der Waals surface area contributed by atoms with Crippen LogP contribution in [0.5, 0.6) is 0 Å². The summed E-state index contributed by atoms with van der Waals surface area (Å²) in [5.74, 6) is 0. The molecule has 0 bridgehead atoms. The van der Waals surface area contributed by atoms with E-state index in [-0.39, 0.29) is 0 Å². The number of nitrogens with zero attached hydrogens (tertiary/aromatic N) is 2. The first-order valence-corrected chi connectivity index (χ1v) is 5.54. The van der Waals surface area contributed by atoms with E-state index in [1.54, 1.807) is 0 Å². The van der Waals surface area contributed by atoms with Gasteiger partial charge in [0, 0.05) is 24.5 Å². The molecule has 0 aliphatic heterocycles. The molecular formula is C13H18N2. The highest BCUT2D eigenvalue weighted by Crippen LogP contribution is 2.12. The lowest BCUT2D eigenvalue weighted by molar-refractivity contribution is 0.358. The third-order valence-corrected chi connectivity index (χ3v) is 2.96. The minimum Gasteiger partial charge on any atom is -0.324 e. The SMILES string of the molecule is CCN(C)CCc1ccn2ccccc12. The summed E-state index contributed by atoms with van der Waals surface area (Å²) in [6.45, 7) is 4.44. The molecule has 2 heteroatoms. The van der Waals surface area contributed by atoms with Crippen molar-refractivity contribution in [3.05, 3.63) is 42.2 Å². The molecule has 0 N–H and O–H groups in total. The maximum atomic E-state index is 2.34. The molecule has 0 fully saturated rings. The molecule has 0 aromatic carbocycles. The van der Waals surface area contributed by atoms with Gasteiger partial charge in [-0.2, -0.15) is 0 Å². The van der Waals surface area contributed by atoms with Gasteiger partial charge in [-0.15, -0.1) is 0 Å². The normalized spacial score (nSPS) is 11.4. The fourth-order valence-electron chi connectivity index (χ4n) is 1.79. The average Bonchev–Trinajstić information content (AvgIpc) is 2.69. The van der Waals surface area contributed by atoms with Crippen molar-refractivity contribution in [2.24, 2.45) is 0 Å². The van der Waals surface area contributed by atoms with Crippen molar-refractivity contribution in [3.63, 3.8) is 0 Å². The molecule has 2 aromatic rings. The number of fused-ring (bicyclic) bond motifs is 1. The molecule has 0 amide bonds. The molecule has 80 valence electrons. The Hall–Kier alpha value is -1.28. The van der Waals surface area contributed by atoms with E-state index in [1.807, 2.05) is 0 Å². The predicted molar refractivity (Wildman–Crippen MR) is 64.3 cm³/mol. The van der Waals surface area contributed by atoms with Crippen molar-refractivity contribution < 1.29 is 0 Å². The molecule has 0 aliphatic rings. The number of hydrogen-bond acceptors (Lipinski definition) is 1. The molecule has 0 radical (unpaired) electrons. The Labute approximate surface area is 91.1 Å². The van der Waals surface area contributed by atoms with E-state index >= 15 is 0 Å². The standard InChI is InChI=1S/C13H18N2/c1-3-14(2)10-7-12-8-11-15-9-5-4-6-13(12)15/h4-6,8-9,11H,3,7,10H2,1-2H3. The average molecular weight is 202 g/mol. The van der Waals surface area contributed by atoms with Crippen molar-refractivity contribution >= 4 is 5.52 Å². The van der Waals surface area contributed by atoms with E-state index in [0.717, 1.165) is 19.5 Å². The van der Waals surface area contributed by atoms with Crippen LogP contribution in [-0.2, 0) is 6.42 Å². The van der Waals surface area contributed by atoms with Crippen LogP contribution in [0, 0.1) is 0 Å². The fourth-order valence-corrected chi connectivity index (χ4v) is 1.79. The van der Waals surface area contributed by atoms with Gasteiger partial charge in [-0.3, -0.25) is 0 Å². The second-order valence-electron chi connectivity index (χ2n) is 3.98. The van der Waals surface area contributed by atoms with Crippen LogP contribution in [0.1, 0.15) is 12.5 Å². The number of hydrogen-bond donors (Lipinski definition) is 0.